The lowest BCUT2D eigenvalue weighted by atomic mass is 10.6. The molecule has 0 amide bonds. The van der Waals surface area contributed by atoms with Crippen LogP contribution in [0.2, 0.25) is 5.02 Å². The van der Waals surface area contributed by atoms with Crippen molar-refractivity contribution in [2.45, 2.75) is 11.9 Å². The minimum atomic E-state index is 0.601. The number of anilines is 1. The highest BCUT2D eigenvalue weighted by molar-refractivity contribution is 7.98. The van der Waals surface area contributed by atoms with Gasteiger partial charge < -0.3 is 5.32 Å². The third kappa shape index (κ3) is 2.25. The first-order valence-corrected chi connectivity index (χ1v) is 5.18. The van der Waals surface area contributed by atoms with Gasteiger partial charge in [0.1, 0.15) is 5.03 Å². The van der Waals surface area contributed by atoms with E-state index in [0.29, 0.717) is 11.0 Å². The molecule has 0 spiro atoms. The molecular formula is C7H10ClN3S. The average molecular weight is 204 g/mol. The lowest BCUT2D eigenvalue weighted by Crippen LogP contribution is -2.02. The number of aromatic nitrogens is 2. The minimum absolute atomic E-state index is 0.601. The second-order valence-electron chi connectivity index (χ2n) is 2.08. The molecule has 1 N–H and O–H groups in total. The summed E-state index contributed by atoms with van der Waals surface area (Å²) in [5.41, 5.74) is 0. The molecule has 0 aliphatic heterocycles. The van der Waals surface area contributed by atoms with Gasteiger partial charge in [-0.25, -0.2) is 9.97 Å². The first-order chi connectivity index (χ1) is 5.77. The molecule has 0 bridgehead atoms. The smallest absolute Gasteiger partial charge is 0.223 e. The number of rotatable bonds is 3. The summed E-state index contributed by atoms with van der Waals surface area (Å²) >= 11 is 7.34. The number of thioether (sulfide) groups is 1. The molecule has 0 aliphatic carbocycles. The molecule has 1 aromatic rings. The summed E-state index contributed by atoms with van der Waals surface area (Å²) < 4.78 is 0. The van der Waals surface area contributed by atoms with Crippen molar-refractivity contribution in [1.82, 2.24) is 9.97 Å². The van der Waals surface area contributed by atoms with E-state index in [0.717, 1.165) is 11.6 Å². The monoisotopic (exact) mass is 203 g/mol. The van der Waals surface area contributed by atoms with E-state index >= 15 is 0 Å². The van der Waals surface area contributed by atoms with Gasteiger partial charge in [0.15, 0.2) is 0 Å². The van der Waals surface area contributed by atoms with Crippen LogP contribution in [0.25, 0.3) is 0 Å². The summed E-state index contributed by atoms with van der Waals surface area (Å²) in [6.07, 6.45) is 3.54. The predicted octanol–water partition coefficient (Wildman–Crippen LogP) is 2.28. The number of hydrogen-bond acceptors (Lipinski definition) is 4. The molecule has 66 valence electrons. The van der Waals surface area contributed by atoms with Crippen LogP contribution in [0, 0.1) is 0 Å². The first-order valence-electron chi connectivity index (χ1n) is 3.58. The van der Waals surface area contributed by atoms with Gasteiger partial charge in [-0.2, -0.15) is 0 Å². The maximum absolute atomic E-state index is 5.82. The summed E-state index contributed by atoms with van der Waals surface area (Å²) in [7, 11) is 0. The van der Waals surface area contributed by atoms with Crippen LogP contribution in [0.3, 0.4) is 0 Å². The zero-order chi connectivity index (χ0) is 8.97. The molecule has 0 aromatic carbocycles. The van der Waals surface area contributed by atoms with Crippen LogP contribution in [0.15, 0.2) is 11.2 Å². The SMILES string of the molecule is CCNc1ncc(Cl)c(SC)n1. The molecule has 1 aromatic heterocycles. The van der Waals surface area contributed by atoms with Crippen LogP contribution in [0.1, 0.15) is 6.92 Å². The van der Waals surface area contributed by atoms with Crippen LogP contribution in [0.4, 0.5) is 5.95 Å². The highest BCUT2D eigenvalue weighted by Crippen LogP contribution is 2.22. The Bertz CT molecular complexity index is 267. The predicted molar refractivity (Wildman–Crippen MR) is 53.0 cm³/mol. The Morgan fingerprint density at radius 3 is 3.00 bits per heavy atom. The Kier molecular flexibility index (Phi) is 3.62. The topological polar surface area (TPSA) is 37.8 Å². The number of halogens is 1. The highest BCUT2D eigenvalue weighted by Gasteiger charge is 2.02. The number of nitrogens with one attached hydrogen (secondary N) is 1. The normalized spacial score (nSPS) is 9.92. The quantitative estimate of drug-likeness (QED) is 0.604. The van der Waals surface area contributed by atoms with Gasteiger partial charge in [-0.3, -0.25) is 0 Å². The summed E-state index contributed by atoms with van der Waals surface area (Å²) in [6.45, 7) is 2.81. The minimum Gasteiger partial charge on any atom is -0.354 e. The van der Waals surface area contributed by atoms with Gasteiger partial charge in [-0.05, 0) is 13.2 Å². The molecule has 0 radical (unpaired) electrons. The molecule has 5 heteroatoms. The van der Waals surface area contributed by atoms with Gasteiger partial charge in [0.05, 0.1) is 11.2 Å². The van der Waals surface area contributed by atoms with Gasteiger partial charge in [0.2, 0.25) is 5.95 Å². The summed E-state index contributed by atoms with van der Waals surface area (Å²) in [5, 5.41) is 4.42. The molecule has 1 rings (SSSR count). The third-order valence-corrected chi connectivity index (χ3v) is 2.33. The van der Waals surface area contributed by atoms with E-state index in [9.17, 15) is 0 Å². The molecule has 12 heavy (non-hydrogen) atoms. The van der Waals surface area contributed by atoms with Crippen molar-refractivity contribution in [2.24, 2.45) is 0 Å². The van der Waals surface area contributed by atoms with E-state index in [1.807, 2.05) is 13.2 Å². The maximum atomic E-state index is 5.82. The van der Waals surface area contributed by atoms with Crippen molar-refractivity contribution < 1.29 is 0 Å². The third-order valence-electron chi connectivity index (χ3n) is 1.24. The molecular weight excluding hydrogens is 194 g/mol. The molecule has 0 atom stereocenters. The van der Waals surface area contributed by atoms with Crippen LogP contribution in [-0.4, -0.2) is 22.8 Å². The fourth-order valence-electron chi connectivity index (χ4n) is 0.738. The lowest BCUT2D eigenvalue weighted by Gasteiger charge is -2.03. The Hall–Kier alpha value is -0.480. The van der Waals surface area contributed by atoms with Gasteiger partial charge in [-0.15, -0.1) is 11.8 Å². The number of nitrogens with zero attached hydrogens (tertiary/aromatic N) is 2. The standard InChI is InChI=1S/C7H10ClN3S/c1-3-9-7-10-4-5(8)6(11-7)12-2/h4H,3H2,1-2H3,(H,9,10,11). The molecule has 0 aliphatic rings. The van der Waals surface area contributed by atoms with E-state index < -0.39 is 0 Å². The van der Waals surface area contributed by atoms with E-state index in [4.69, 9.17) is 11.6 Å². The Morgan fingerprint density at radius 2 is 2.42 bits per heavy atom. The van der Waals surface area contributed by atoms with Crippen LogP contribution in [-0.2, 0) is 0 Å². The molecule has 1 heterocycles. The first kappa shape index (κ1) is 9.61. The Labute approximate surface area is 80.9 Å². The second-order valence-corrected chi connectivity index (χ2v) is 3.28. The van der Waals surface area contributed by atoms with Crippen molar-refractivity contribution >= 4 is 29.3 Å². The average Bonchev–Trinajstić information content (AvgIpc) is 2.09. The largest absolute Gasteiger partial charge is 0.354 e. The zero-order valence-electron chi connectivity index (χ0n) is 6.97. The zero-order valence-corrected chi connectivity index (χ0v) is 8.54. The van der Waals surface area contributed by atoms with Crippen molar-refractivity contribution in [3.63, 3.8) is 0 Å². The lowest BCUT2D eigenvalue weighted by molar-refractivity contribution is 1.02. The van der Waals surface area contributed by atoms with Gasteiger partial charge in [0.25, 0.3) is 0 Å². The second kappa shape index (κ2) is 4.52. The highest BCUT2D eigenvalue weighted by atomic mass is 35.5. The van der Waals surface area contributed by atoms with Crippen LogP contribution >= 0.6 is 23.4 Å². The molecule has 0 unspecified atom stereocenters. The van der Waals surface area contributed by atoms with Crippen molar-refractivity contribution in [3.8, 4) is 0 Å². The summed E-state index contributed by atoms with van der Waals surface area (Å²) in [5.74, 6) is 0.631. The molecule has 0 fully saturated rings. The van der Waals surface area contributed by atoms with E-state index in [-0.39, 0.29) is 0 Å². The Balaban J connectivity index is 2.89. The van der Waals surface area contributed by atoms with Crippen LogP contribution in [0.5, 0.6) is 0 Å². The summed E-state index contributed by atoms with van der Waals surface area (Å²) in [6, 6.07) is 0. The summed E-state index contributed by atoms with van der Waals surface area (Å²) in [4.78, 5) is 8.20. The van der Waals surface area contributed by atoms with E-state index in [2.05, 4.69) is 15.3 Å². The van der Waals surface area contributed by atoms with Gasteiger partial charge in [0, 0.05) is 6.54 Å². The van der Waals surface area contributed by atoms with E-state index in [1.54, 1.807) is 6.20 Å². The molecule has 3 nitrogen and oxygen atoms in total. The van der Waals surface area contributed by atoms with E-state index in [1.165, 1.54) is 11.8 Å². The van der Waals surface area contributed by atoms with Crippen molar-refractivity contribution in [3.05, 3.63) is 11.2 Å². The van der Waals surface area contributed by atoms with Crippen LogP contribution < -0.4 is 5.32 Å². The van der Waals surface area contributed by atoms with Crippen molar-refractivity contribution in [2.75, 3.05) is 18.1 Å². The maximum Gasteiger partial charge on any atom is 0.223 e. The van der Waals surface area contributed by atoms with Gasteiger partial charge in [-0.1, -0.05) is 11.6 Å². The van der Waals surface area contributed by atoms with Gasteiger partial charge >= 0.3 is 0 Å². The van der Waals surface area contributed by atoms with Crippen molar-refractivity contribution in [1.29, 1.82) is 0 Å². The fourth-order valence-corrected chi connectivity index (χ4v) is 1.49. The molecule has 0 saturated heterocycles. The fraction of sp³-hybridized carbons (Fsp3) is 0.429. The number of hydrogen-bond donors (Lipinski definition) is 1. The molecule has 0 saturated carbocycles. The Morgan fingerprint density at radius 1 is 1.67 bits per heavy atom.